The van der Waals surface area contributed by atoms with Gasteiger partial charge < -0.3 is 9.73 Å². The summed E-state index contributed by atoms with van der Waals surface area (Å²) in [5.74, 6) is 1.52. The van der Waals surface area contributed by atoms with E-state index in [-0.39, 0.29) is 5.91 Å². The van der Waals surface area contributed by atoms with Crippen molar-refractivity contribution in [2.75, 3.05) is 6.54 Å². The number of nitrogens with zero attached hydrogens (tertiary/aromatic N) is 1. The van der Waals surface area contributed by atoms with Crippen LogP contribution in [0.1, 0.15) is 79.9 Å². The smallest absolute Gasteiger partial charge is 0.289 e. The lowest BCUT2D eigenvalue weighted by atomic mass is 9.83. The first kappa shape index (κ1) is 13.7. The molecule has 0 saturated heterocycles. The van der Waals surface area contributed by atoms with Crippen molar-refractivity contribution >= 4 is 5.91 Å². The highest BCUT2D eigenvalue weighted by Crippen LogP contribution is 2.41. The Morgan fingerprint density at radius 3 is 2.70 bits per heavy atom. The maximum atomic E-state index is 12.3. The predicted octanol–water partition coefficient (Wildman–Crippen LogP) is 3.56. The van der Waals surface area contributed by atoms with Gasteiger partial charge in [-0.1, -0.05) is 19.8 Å². The van der Waals surface area contributed by atoms with E-state index in [9.17, 15) is 4.79 Å². The van der Waals surface area contributed by atoms with Gasteiger partial charge in [-0.15, -0.1) is 0 Å². The SMILES string of the molecule is CCC1(CNC(=O)c2oc(C3CC3)nc2C)CCCC1. The lowest BCUT2D eigenvalue weighted by molar-refractivity contribution is 0.0898. The summed E-state index contributed by atoms with van der Waals surface area (Å²) in [5.41, 5.74) is 1.03. The first-order valence-electron chi connectivity index (χ1n) is 7.89. The van der Waals surface area contributed by atoms with Crippen LogP contribution in [0.2, 0.25) is 0 Å². The third-order valence-electron chi connectivity index (χ3n) is 4.98. The van der Waals surface area contributed by atoms with Crippen LogP contribution in [-0.4, -0.2) is 17.4 Å². The molecule has 20 heavy (non-hydrogen) atoms. The van der Waals surface area contributed by atoms with Gasteiger partial charge in [0, 0.05) is 12.5 Å². The second kappa shape index (κ2) is 5.23. The zero-order valence-corrected chi connectivity index (χ0v) is 12.5. The molecule has 1 amide bonds. The second-order valence-corrected chi connectivity index (χ2v) is 6.48. The highest BCUT2D eigenvalue weighted by molar-refractivity contribution is 5.92. The van der Waals surface area contributed by atoms with Crippen LogP contribution in [0, 0.1) is 12.3 Å². The number of oxazole rings is 1. The Hall–Kier alpha value is -1.32. The van der Waals surface area contributed by atoms with E-state index in [1.807, 2.05) is 6.92 Å². The molecular weight excluding hydrogens is 252 g/mol. The minimum absolute atomic E-state index is 0.0957. The molecule has 0 aliphatic heterocycles. The summed E-state index contributed by atoms with van der Waals surface area (Å²) in [4.78, 5) is 16.7. The van der Waals surface area contributed by atoms with E-state index in [4.69, 9.17) is 4.42 Å². The van der Waals surface area contributed by atoms with Gasteiger partial charge in [0.05, 0.1) is 5.69 Å². The Labute approximate surface area is 120 Å². The van der Waals surface area contributed by atoms with Crippen molar-refractivity contribution < 1.29 is 9.21 Å². The molecule has 0 aromatic carbocycles. The summed E-state index contributed by atoms with van der Waals surface area (Å²) < 4.78 is 5.66. The molecule has 2 aliphatic rings. The summed E-state index contributed by atoms with van der Waals surface area (Å²) in [5, 5.41) is 3.07. The highest BCUT2D eigenvalue weighted by atomic mass is 16.4. The summed E-state index contributed by atoms with van der Waals surface area (Å²) in [6.07, 6.45) is 8.45. The highest BCUT2D eigenvalue weighted by Gasteiger charge is 2.34. The van der Waals surface area contributed by atoms with Crippen molar-refractivity contribution in [1.29, 1.82) is 0 Å². The molecule has 0 bridgehead atoms. The molecule has 3 rings (SSSR count). The number of hydrogen-bond donors (Lipinski definition) is 1. The van der Waals surface area contributed by atoms with E-state index < -0.39 is 0 Å². The van der Waals surface area contributed by atoms with Crippen molar-refractivity contribution in [3.8, 4) is 0 Å². The number of carbonyl (C=O) groups is 1. The van der Waals surface area contributed by atoms with Crippen molar-refractivity contribution in [3.05, 3.63) is 17.3 Å². The van der Waals surface area contributed by atoms with E-state index in [2.05, 4.69) is 17.2 Å². The fourth-order valence-electron chi connectivity index (χ4n) is 3.26. The van der Waals surface area contributed by atoms with Gasteiger partial charge in [-0.25, -0.2) is 4.98 Å². The third-order valence-corrected chi connectivity index (χ3v) is 4.98. The van der Waals surface area contributed by atoms with Crippen LogP contribution in [-0.2, 0) is 0 Å². The molecule has 110 valence electrons. The van der Waals surface area contributed by atoms with Crippen LogP contribution in [0.3, 0.4) is 0 Å². The average molecular weight is 276 g/mol. The van der Waals surface area contributed by atoms with Crippen LogP contribution in [0.4, 0.5) is 0 Å². The standard InChI is InChI=1S/C16H24N2O2/c1-3-16(8-4-5-9-16)10-17-14(19)13-11(2)18-15(20-13)12-6-7-12/h12H,3-10H2,1-2H3,(H,17,19). The Kier molecular flexibility index (Phi) is 3.57. The molecule has 0 spiro atoms. The minimum atomic E-state index is -0.0957. The molecule has 4 nitrogen and oxygen atoms in total. The molecular formula is C16H24N2O2. The fraction of sp³-hybridized carbons (Fsp3) is 0.750. The van der Waals surface area contributed by atoms with Crippen LogP contribution < -0.4 is 5.32 Å². The summed E-state index contributed by atoms with van der Waals surface area (Å²) in [6.45, 7) is 4.85. The number of nitrogens with one attached hydrogen (secondary N) is 1. The largest absolute Gasteiger partial charge is 0.435 e. The first-order valence-corrected chi connectivity index (χ1v) is 7.89. The van der Waals surface area contributed by atoms with E-state index in [1.165, 1.54) is 25.7 Å². The van der Waals surface area contributed by atoms with Gasteiger partial charge in [-0.05, 0) is 44.4 Å². The van der Waals surface area contributed by atoms with Crippen molar-refractivity contribution in [3.63, 3.8) is 0 Å². The molecule has 2 saturated carbocycles. The van der Waals surface area contributed by atoms with Crippen LogP contribution >= 0.6 is 0 Å². The number of carbonyl (C=O) groups excluding carboxylic acids is 1. The molecule has 0 atom stereocenters. The first-order chi connectivity index (χ1) is 9.63. The number of hydrogen-bond acceptors (Lipinski definition) is 3. The van der Waals surface area contributed by atoms with Crippen LogP contribution in [0.15, 0.2) is 4.42 Å². The van der Waals surface area contributed by atoms with Crippen molar-refractivity contribution in [2.45, 2.75) is 64.7 Å². The number of aromatic nitrogens is 1. The third kappa shape index (κ3) is 2.60. The Morgan fingerprint density at radius 1 is 1.40 bits per heavy atom. The van der Waals surface area contributed by atoms with E-state index in [0.717, 1.165) is 37.4 Å². The summed E-state index contributed by atoms with van der Waals surface area (Å²) in [7, 11) is 0. The minimum Gasteiger partial charge on any atom is -0.435 e. The monoisotopic (exact) mass is 276 g/mol. The second-order valence-electron chi connectivity index (χ2n) is 6.48. The quantitative estimate of drug-likeness (QED) is 0.894. The molecule has 0 unspecified atom stereocenters. The van der Waals surface area contributed by atoms with Gasteiger partial charge in [0.25, 0.3) is 5.91 Å². The van der Waals surface area contributed by atoms with Crippen molar-refractivity contribution in [2.24, 2.45) is 5.41 Å². The molecule has 0 radical (unpaired) electrons. The van der Waals surface area contributed by atoms with Gasteiger partial charge in [0.15, 0.2) is 5.89 Å². The van der Waals surface area contributed by atoms with Crippen molar-refractivity contribution in [1.82, 2.24) is 10.3 Å². The van der Waals surface area contributed by atoms with Gasteiger partial charge in [0.2, 0.25) is 5.76 Å². The number of aryl methyl sites for hydroxylation is 1. The molecule has 1 heterocycles. The fourth-order valence-corrected chi connectivity index (χ4v) is 3.26. The maximum Gasteiger partial charge on any atom is 0.289 e. The van der Waals surface area contributed by atoms with Gasteiger partial charge >= 0.3 is 0 Å². The normalized spacial score (nSPS) is 21.1. The number of rotatable bonds is 5. The van der Waals surface area contributed by atoms with Crippen LogP contribution in [0.5, 0.6) is 0 Å². The molecule has 2 fully saturated rings. The average Bonchev–Trinajstić information content (AvgIpc) is 3.07. The van der Waals surface area contributed by atoms with Gasteiger partial charge in [-0.3, -0.25) is 4.79 Å². The van der Waals surface area contributed by atoms with Gasteiger partial charge in [0.1, 0.15) is 0 Å². The summed E-state index contributed by atoms with van der Waals surface area (Å²) >= 11 is 0. The number of amides is 1. The maximum absolute atomic E-state index is 12.3. The lowest BCUT2D eigenvalue weighted by Crippen LogP contribution is -2.35. The van der Waals surface area contributed by atoms with E-state index in [1.54, 1.807) is 0 Å². The molecule has 1 aromatic rings. The van der Waals surface area contributed by atoms with Gasteiger partial charge in [-0.2, -0.15) is 0 Å². The Balaban J connectivity index is 1.64. The summed E-state index contributed by atoms with van der Waals surface area (Å²) in [6, 6.07) is 0. The zero-order chi connectivity index (χ0) is 14.2. The Morgan fingerprint density at radius 2 is 2.10 bits per heavy atom. The topological polar surface area (TPSA) is 55.1 Å². The van der Waals surface area contributed by atoms with E-state index in [0.29, 0.717) is 17.1 Å². The Bertz CT molecular complexity index is 497. The molecule has 4 heteroatoms. The molecule has 1 aromatic heterocycles. The molecule has 1 N–H and O–H groups in total. The zero-order valence-electron chi connectivity index (χ0n) is 12.5. The molecule has 2 aliphatic carbocycles. The van der Waals surface area contributed by atoms with E-state index >= 15 is 0 Å². The lowest BCUT2D eigenvalue weighted by Gasteiger charge is -2.27. The predicted molar refractivity (Wildman–Crippen MR) is 76.7 cm³/mol. The van der Waals surface area contributed by atoms with Crippen LogP contribution in [0.25, 0.3) is 0 Å².